The van der Waals surface area contributed by atoms with Crippen molar-refractivity contribution in [3.8, 4) is 0 Å². The Kier molecular flexibility index (Phi) is 3.77. The summed E-state index contributed by atoms with van der Waals surface area (Å²) in [6.45, 7) is 3.24. The summed E-state index contributed by atoms with van der Waals surface area (Å²) in [6.07, 6.45) is 2.72. The van der Waals surface area contributed by atoms with Crippen LogP contribution in [0.4, 0.5) is 0 Å². The SMILES string of the molecule is C[C@]1(c2ccccc2)C[C@H]1C(=O)N1CCC(NS(C)(=O)=O)C1. The van der Waals surface area contributed by atoms with Crippen molar-refractivity contribution >= 4 is 15.9 Å². The van der Waals surface area contributed by atoms with Gasteiger partial charge in [0.05, 0.1) is 6.26 Å². The van der Waals surface area contributed by atoms with Gasteiger partial charge in [-0.3, -0.25) is 4.79 Å². The van der Waals surface area contributed by atoms with Crippen molar-refractivity contribution < 1.29 is 13.2 Å². The quantitative estimate of drug-likeness (QED) is 0.903. The minimum atomic E-state index is -3.22. The molecular weight excluding hydrogens is 300 g/mol. The molecule has 2 fully saturated rings. The van der Waals surface area contributed by atoms with Crippen LogP contribution in [0.15, 0.2) is 30.3 Å². The zero-order chi connectivity index (χ0) is 16.0. The van der Waals surface area contributed by atoms with Crippen molar-refractivity contribution in [3.05, 3.63) is 35.9 Å². The van der Waals surface area contributed by atoms with Crippen LogP contribution in [0.1, 0.15) is 25.3 Å². The Balaban J connectivity index is 1.63. The fraction of sp³-hybridized carbons (Fsp3) is 0.562. The Morgan fingerprint density at radius 1 is 1.32 bits per heavy atom. The first-order valence-corrected chi connectivity index (χ1v) is 9.50. The summed E-state index contributed by atoms with van der Waals surface area (Å²) in [6, 6.07) is 9.98. The first kappa shape index (κ1) is 15.5. The van der Waals surface area contributed by atoms with E-state index in [0.29, 0.717) is 19.5 Å². The minimum absolute atomic E-state index is 0.0203. The molecule has 1 heterocycles. The van der Waals surface area contributed by atoms with Crippen LogP contribution in [-0.2, 0) is 20.2 Å². The van der Waals surface area contributed by atoms with E-state index in [2.05, 4.69) is 23.8 Å². The summed E-state index contributed by atoms with van der Waals surface area (Å²) < 4.78 is 25.2. The maximum absolute atomic E-state index is 12.7. The highest BCUT2D eigenvalue weighted by Gasteiger charge is 2.56. The van der Waals surface area contributed by atoms with Crippen LogP contribution in [0.25, 0.3) is 0 Å². The molecule has 1 saturated carbocycles. The van der Waals surface area contributed by atoms with Crippen molar-refractivity contribution in [2.45, 2.75) is 31.2 Å². The second-order valence-corrected chi connectivity index (χ2v) is 8.48. The molecule has 3 atom stereocenters. The second-order valence-electron chi connectivity index (χ2n) is 6.70. The zero-order valence-corrected chi connectivity index (χ0v) is 13.8. The maximum atomic E-state index is 12.7. The van der Waals surface area contributed by atoms with E-state index in [9.17, 15) is 13.2 Å². The summed E-state index contributed by atoms with van der Waals surface area (Å²) in [5, 5.41) is 0. The number of carbonyl (C=O) groups is 1. The smallest absolute Gasteiger partial charge is 0.226 e. The number of hydrogen-bond acceptors (Lipinski definition) is 3. The standard InChI is InChI=1S/C16H22N2O3S/c1-16(12-6-4-3-5-7-12)10-14(16)15(19)18-9-8-13(11-18)17-22(2,20)21/h3-7,13-14,17H,8-11H2,1-2H3/t13?,14-,16+/m0/s1. The van der Waals surface area contributed by atoms with Crippen LogP contribution in [-0.4, -0.2) is 44.6 Å². The highest BCUT2D eigenvalue weighted by molar-refractivity contribution is 7.88. The summed E-state index contributed by atoms with van der Waals surface area (Å²) in [4.78, 5) is 14.5. The highest BCUT2D eigenvalue weighted by atomic mass is 32.2. The molecular formula is C16H22N2O3S. The van der Waals surface area contributed by atoms with Crippen LogP contribution >= 0.6 is 0 Å². The number of amides is 1. The molecule has 1 aliphatic heterocycles. The topological polar surface area (TPSA) is 66.5 Å². The van der Waals surface area contributed by atoms with E-state index in [0.717, 1.165) is 12.7 Å². The third kappa shape index (κ3) is 3.03. The number of nitrogens with zero attached hydrogens (tertiary/aromatic N) is 1. The van der Waals surface area contributed by atoms with Crippen molar-refractivity contribution in [3.63, 3.8) is 0 Å². The third-order valence-corrected chi connectivity index (χ3v) is 5.61. The lowest BCUT2D eigenvalue weighted by molar-refractivity contribution is -0.132. The normalized spacial score (nSPS) is 31.3. The highest BCUT2D eigenvalue weighted by Crippen LogP contribution is 2.54. The van der Waals surface area contributed by atoms with E-state index in [-0.39, 0.29) is 23.3 Å². The predicted molar refractivity (Wildman–Crippen MR) is 84.9 cm³/mol. The molecule has 1 N–H and O–H groups in total. The molecule has 1 aromatic rings. The molecule has 6 heteroatoms. The number of benzene rings is 1. The molecule has 22 heavy (non-hydrogen) atoms. The van der Waals surface area contributed by atoms with Crippen LogP contribution in [0.2, 0.25) is 0 Å². The van der Waals surface area contributed by atoms with Crippen LogP contribution in [0.3, 0.4) is 0 Å². The molecule has 3 rings (SSSR count). The van der Waals surface area contributed by atoms with Crippen molar-refractivity contribution in [1.82, 2.24) is 9.62 Å². The van der Waals surface area contributed by atoms with Gasteiger partial charge < -0.3 is 4.90 Å². The number of nitrogens with one attached hydrogen (secondary N) is 1. The Hall–Kier alpha value is -1.40. The lowest BCUT2D eigenvalue weighted by Gasteiger charge is -2.19. The molecule has 5 nitrogen and oxygen atoms in total. The van der Waals surface area contributed by atoms with Crippen molar-refractivity contribution in [2.75, 3.05) is 19.3 Å². The number of rotatable bonds is 4. The van der Waals surface area contributed by atoms with E-state index in [1.54, 1.807) is 0 Å². The summed E-state index contributed by atoms with van der Waals surface area (Å²) in [7, 11) is -3.22. The predicted octanol–water partition coefficient (Wildman–Crippen LogP) is 1.11. The molecule has 1 saturated heterocycles. The van der Waals surface area contributed by atoms with Gasteiger partial charge >= 0.3 is 0 Å². The van der Waals surface area contributed by atoms with Gasteiger partial charge in [-0.15, -0.1) is 0 Å². The average molecular weight is 322 g/mol. The molecule has 120 valence electrons. The van der Waals surface area contributed by atoms with Gasteiger partial charge in [-0.05, 0) is 18.4 Å². The van der Waals surface area contributed by atoms with Gasteiger partial charge in [0.2, 0.25) is 15.9 Å². The van der Waals surface area contributed by atoms with Crippen LogP contribution in [0, 0.1) is 5.92 Å². The van der Waals surface area contributed by atoms with Crippen LogP contribution < -0.4 is 4.72 Å². The van der Waals surface area contributed by atoms with Gasteiger partial charge in [0.25, 0.3) is 0 Å². The number of hydrogen-bond donors (Lipinski definition) is 1. The summed E-state index contributed by atoms with van der Waals surface area (Å²) in [5.41, 5.74) is 1.14. The Labute approximate surface area is 131 Å². The van der Waals surface area contributed by atoms with E-state index in [4.69, 9.17) is 0 Å². The largest absolute Gasteiger partial charge is 0.341 e. The van der Waals surface area contributed by atoms with Gasteiger partial charge in [-0.1, -0.05) is 37.3 Å². The molecule has 1 aromatic carbocycles. The molecule has 1 aliphatic carbocycles. The van der Waals surface area contributed by atoms with E-state index >= 15 is 0 Å². The van der Waals surface area contributed by atoms with Gasteiger partial charge in [0, 0.05) is 30.5 Å². The van der Waals surface area contributed by atoms with Gasteiger partial charge in [-0.2, -0.15) is 0 Å². The van der Waals surface area contributed by atoms with Crippen LogP contribution in [0.5, 0.6) is 0 Å². The molecule has 2 aliphatic rings. The van der Waals surface area contributed by atoms with Crippen molar-refractivity contribution in [2.24, 2.45) is 5.92 Å². The fourth-order valence-corrected chi connectivity index (χ4v) is 4.24. The summed E-state index contributed by atoms with van der Waals surface area (Å²) >= 11 is 0. The fourth-order valence-electron chi connectivity index (χ4n) is 3.44. The summed E-state index contributed by atoms with van der Waals surface area (Å²) in [5.74, 6) is 0.177. The monoisotopic (exact) mass is 322 g/mol. The molecule has 0 radical (unpaired) electrons. The first-order valence-electron chi connectivity index (χ1n) is 7.61. The Morgan fingerprint density at radius 2 is 2.00 bits per heavy atom. The molecule has 0 aromatic heterocycles. The lowest BCUT2D eigenvalue weighted by Crippen LogP contribution is -2.38. The van der Waals surface area contributed by atoms with Gasteiger partial charge in [0.15, 0.2) is 0 Å². The Morgan fingerprint density at radius 3 is 2.64 bits per heavy atom. The van der Waals surface area contributed by atoms with Gasteiger partial charge in [0.1, 0.15) is 0 Å². The maximum Gasteiger partial charge on any atom is 0.226 e. The van der Waals surface area contributed by atoms with Gasteiger partial charge in [-0.25, -0.2) is 13.1 Å². The molecule has 0 bridgehead atoms. The lowest BCUT2D eigenvalue weighted by atomic mass is 9.95. The third-order valence-electron chi connectivity index (χ3n) is 4.85. The molecule has 1 amide bonds. The molecule has 0 spiro atoms. The van der Waals surface area contributed by atoms with E-state index in [1.807, 2.05) is 23.1 Å². The van der Waals surface area contributed by atoms with E-state index in [1.165, 1.54) is 5.56 Å². The molecule has 1 unspecified atom stereocenters. The van der Waals surface area contributed by atoms with E-state index < -0.39 is 10.0 Å². The number of likely N-dealkylation sites (tertiary alicyclic amines) is 1. The average Bonchev–Trinajstić information content (AvgIpc) is 2.95. The first-order chi connectivity index (χ1) is 10.3. The Bertz CT molecular complexity index is 674. The number of sulfonamides is 1. The number of carbonyl (C=O) groups excluding carboxylic acids is 1. The second kappa shape index (κ2) is 5.35. The van der Waals surface area contributed by atoms with Crippen molar-refractivity contribution in [1.29, 1.82) is 0 Å². The minimum Gasteiger partial charge on any atom is -0.341 e. The zero-order valence-electron chi connectivity index (χ0n) is 13.0.